The molecule has 0 unspecified atom stereocenters. The van der Waals surface area contributed by atoms with Gasteiger partial charge in [-0.15, -0.1) is 10.2 Å². The van der Waals surface area contributed by atoms with Gasteiger partial charge in [0.05, 0.1) is 0 Å². The molecule has 0 spiro atoms. The normalized spacial score (nSPS) is 18.0. The predicted octanol–water partition coefficient (Wildman–Crippen LogP) is 1.52. The van der Waals surface area contributed by atoms with Crippen molar-refractivity contribution in [3.05, 3.63) is 36.2 Å². The molecule has 1 aromatic heterocycles. The molecule has 5 nitrogen and oxygen atoms in total. The molecule has 1 aliphatic rings. The van der Waals surface area contributed by atoms with E-state index in [9.17, 15) is 9.90 Å². The lowest BCUT2D eigenvalue weighted by molar-refractivity contribution is -0.140. The van der Waals surface area contributed by atoms with Crippen LogP contribution in [0.5, 0.6) is 0 Å². The fraction of sp³-hybridized carbons (Fsp3) is 0.250. The van der Waals surface area contributed by atoms with E-state index in [2.05, 4.69) is 10.2 Å². The number of aliphatic carboxylic acids is 1. The van der Waals surface area contributed by atoms with Gasteiger partial charge in [-0.1, -0.05) is 30.3 Å². The van der Waals surface area contributed by atoms with Crippen molar-refractivity contribution in [3.8, 4) is 11.4 Å². The van der Waals surface area contributed by atoms with Gasteiger partial charge in [-0.3, -0.25) is 4.57 Å². The quantitative estimate of drug-likeness (QED) is 0.847. The summed E-state index contributed by atoms with van der Waals surface area (Å²) in [6.45, 7) is 0. The van der Waals surface area contributed by atoms with Gasteiger partial charge in [0.2, 0.25) is 0 Å². The van der Waals surface area contributed by atoms with Crippen molar-refractivity contribution in [1.82, 2.24) is 14.8 Å². The summed E-state index contributed by atoms with van der Waals surface area (Å²) in [6.07, 6.45) is 1.27. The second kappa shape index (κ2) is 3.69. The molecular formula is C12H11N3O2. The minimum atomic E-state index is -0.819. The summed E-state index contributed by atoms with van der Waals surface area (Å²) in [5.74, 6) is 0.586. The fourth-order valence-electron chi connectivity index (χ4n) is 2.23. The Morgan fingerprint density at radius 2 is 2.06 bits per heavy atom. The standard InChI is InChI=1S/C12H11N3O2/c16-12(17)9-6-7-10-13-14-11(15(9)10)8-4-2-1-3-5-8/h1-5,9H,6-7H2,(H,16,17)/t9-/m1/s1. The Bertz CT molecular complexity index is 562. The average molecular weight is 229 g/mol. The fourth-order valence-corrected chi connectivity index (χ4v) is 2.23. The number of carboxylic acid groups (broad SMARTS) is 1. The summed E-state index contributed by atoms with van der Waals surface area (Å²) in [5.41, 5.74) is 0.902. The molecule has 5 heteroatoms. The molecule has 2 aromatic rings. The van der Waals surface area contributed by atoms with Crippen molar-refractivity contribution in [2.45, 2.75) is 18.9 Å². The second-order valence-corrected chi connectivity index (χ2v) is 4.07. The van der Waals surface area contributed by atoms with Crippen LogP contribution in [0, 0.1) is 0 Å². The van der Waals surface area contributed by atoms with Crippen LogP contribution in [0.3, 0.4) is 0 Å². The van der Waals surface area contributed by atoms with Crippen molar-refractivity contribution in [2.75, 3.05) is 0 Å². The molecule has 0 saturated heterocycles. The van der Waals surface area contributed by atoms with Crippen LogP contribution >= 0.6 is 0 Å². The van der Waals surface area contributed by atoms with E-state index in [0.717, 1.165) is 11.4 Å². The van der Waals surface area contributed by atoms with Crippen LogP contribution in [0.15, 0.2) is 30.3 Å². The number of aromatic nitrogens is 3. The van der Waals surface area contributed by atoms with Crippen molar-refractivity contribution in [3.63, 3.8) is 0 Å². The molecular weight excluding hydrogens is 218 g/mol. The van der Waals surface area contributed by atoms with Crippen LogP contribution in [-0.4, -0.2) is 25.8 Å². The number of hydrogen-bond donors (Lipinski definition) is 1. The van der Waals surface area contributed by atoms with Gasteiger partial charge in [-0.2, -0.15) is 0 Å². The van der Waals surface area contributed by atoms with Crippen molar-refractivity contribution in [1.29, 1.82) is 0 Å². The highest BCUT2D eigenvalue weighted by molar-refractivity contribution is 5.74. The van der Waals surface area contributed by atoms with Gasteiger partial charge < -0.3 is 5.11 Å². The SMILES string of the molecule is O=C(O)[C@H]1CCc2nnc(-c3ccccc3)n21. The Kier molecular flexibility index (Phi) is 2.18. The molecule has 0 amide bonds. The molecule has 86 valence electrons. The zero-order valence-electron chi connectivity index (χ0n) is 9.08. The Morgan fingerprint density at radius 1 is 1.29 bits per heavy atom. The third kappa shape index (κ3) is 1.51. The first-order chi connectivity index (χ1) is 8.27. The Labute approximate surface area is 97.7 Å². The Hall–Kier alpha value is -2.17. The van der Waals surface area contributed by atoms with Gasteiger partial charge in [0.25, 0.3) is 0 Å². The summed E-state index contributed by atoms with van der Waals surface area (Å²) in [4.78, 5) is 11.2. The predicted molar refractivity (Wildman–Crippen MR) is 60.5 cm³/mol. The highest BCUT2D eigenvalue weighted by atomic mass is 16.4. The number of carbonyl (C=O) groups is 1. The van der Waals surface area contributed by atoms with Crippen LogP contribution in [0.4, 0.5) is 0 Å². The number of nitrogens with zero attached hydrogens (tertiary/aromatic N) is 3. The van der Waals surface area contributed by atoms with E-state index in [4.69, 9.17) is 0 Å². The van der Waals surface area contributed by atoms with Gasteiger partial charge in [0.15, 0.2) is 5.82 Å². The number of carboxylic acids is 1. The average Bonchev–Trinajstić information content (AvgIpc) is 2.90. The first-order valence-corrected chi connectivity index (χ1v) is 5.49. The van der Waals surface area contributed by atoms with E-state index >= 15 is 0 Å². The van der Waals surface area contributed by atoms with Crippen molar-refractivity contribution >= 4 is 5.97 Å². The van der Waals surface area contributed by atoms with E-state index in [-0.39, 0.29) is 0 Å². The highest BCUT2D eigenvalue weighted by Crippen LogP contribution is 2.30. The largest absolute Gasteiger partial charge is 0.480 e. The molecule has 1 aromatic carbocycles. The lowest BCUT2D eigenvalue weighted by Gasteiger charge is -2.10. The number of fused-ring (bicyclic) bond motifs is 1. The van der Waals surface area contributed by atoms with Gasteiger partial charge in [0.1, 0.15) is 11.9 Å². The van der Waals surface area contributed by atoms with Crippen LogP contribution in [0.1, 0.15) is 18.3 Å². The maximum absolute atomic E-state index is 11.2. The third-order valence-electron chi connectivity index (χ3n) is 3.04. The maximum atomic E-state index is 11.2. The monoisotopic (exact) mass is 229 g/mol. The molecule has 0 radical (unpaired) electrons. The number of hydrogen-bond acceptors (Lipinski definition) is 3. The molecule has 3 rings (SSSR count). The summed E-state index contributed by atoms with van der Waals surface area (Å²) < 4.78 is 1.73. The highest BCUT2D eigenvalue weighted by Gasteiger charge is 2.32. The van der Waals surface area contributed by atoms with E-state index in [1.807, 2.05) is 30.3 Å². The Balaban J connectivity index is 2.12. The van der Waals surface area contributed by atoms with Crippen molar-refractivity contribution in [2.24, 2.45) is 0 Å². The molecule has 0 fully saturated rings. The number of aryl methyl sites for hydroxylation is 1. The molecule has 0 bridgehead atoms. The van der Waals surface area contributed by atoms with Crippen LogP contribution in [0.25, 0.3) is 11.4 Å². The first-order valence-electron chi connectivity index (χ1n) is 5.49. The number of rotatable bonds is 2. The van der Waals surface area contributed by atoms with Gasteiger partial charge >= 0.3 is 5.97 Å². The molecule has 0 saturated carbocycles. The van der Waals surface area contributed by atoms with E-state index in [1.165, 1.54) is 0 Å². The number of benzene rings is 1. The van der Waals surface area contributed by atoms with Crippen LogP contribution < -0.4 is 0 Å². The molecule has 1 aliphatic heterocycles. The minimum absolute atomic E-state index is 0.532. The Morgan fingerprint density at radius 3 is 2.76 bits per heavy atom. The van der Waals surface area contributed by atoms with Gasteiger partial charge in [-0.05, 0) is 6.42 Å². The van der Waals surface area contributed by atoms with Crippen LogP contribution in [0.2, 0.25) is 0 Å². The lowest BCUT2D eigenvalue weighted by atomic mass is 10.2. The summed E-state index contributed by atoms with van der Waals surface area (Å²) in [7, 11) is 0. The summed E-state index contributed by atoms with van der Waals surface area (Å²) >= 11 is 0. The molecule has 0 aliphatic carbocycles. The second-order valence-electron chi connectivity index (χ2n) is 4.07. The first kappa shape index (κ1) is 10.0. The van der Waals surface area contributed by atoms with Crippen LogP contribution in [-0.2, 0) is 11.2 Å². The lowest BCUT2D eigenvalue weighted by Crippen LogP contribution is -2.16. The van der Waals surface area contributed by atoms with Gasteiger partial charge in [0, 0.05) is 12.0 Å². The van der Waals surface area contributed by atoms with E-state index in [1.54, 1.807) is 4.57 Å². The summed E-state index contributed by atoms with van der Waals surface area (Å²) in [5, 5.41) is 17.3. The third-order valence-corrected chi connectivity index (χ3v) is 3.04. The molecule has 1 atom stereocenters. The zero-order valence-corrected chi connectivity index (χ0v) is 9.08. The van der Waals surface area contributed by atoms with E-state index < -0.39 is 12.0 Å². The molecule has 2 heterocycles. The van der Waals surface area contributed by atoms with Gasteiger partial charge in [-0.25, -0.2) is 4.79 Å². The van der Waals surface area contributed by atoms with Crippen molar-refractivity contribution < 1.29 is 9.90 Å². The zero-order chi connectivity index (χ0) is 11.8. The molecule has 17 heavy (non-hydrogen) atoms. The smallest absolute Gasteiger partial charge is 0.326 e. The minimum Gasteiger partial charge on any atom is -0.480 e. The summed E-state index contributed by atoms with van der Waals surface area (Å²) in [6, 6.07) is 9.02. The molecule has 1 N–H and O–H groups in total. The topological polar surface area (TPSA) is 68.0 Å². The van der Waals surface area contributed by atoms with E-state index in [0.29, 0.717) is 18.7 Å². The maximum Gasteiger partial charge on any atom is 0.326 e.